The van der Waals surface area contributed by atoms with Gasteiger partial charge in [-0.1, -0.05) is 5.21 Å². The summed E-state index contributed by atoms with van der Waals surface area (Å²) in [6, 6.07) is 2.84. The van der Waals surface area contributed by atoms with Crippen molar-refractivity contribution in [3.05, 3.63) is 54.6 Å². The van der Waals surface area contributed by atoms with Gasteiger partial charge in [0.2, 0.25) is 0 Å². The average molecular weight is 803 g/mol. The number of rotatable bonds is 17. The first-order valence-electron chi connectivity index (χ1n) is 16.2. The molecule has 54 heavy (non-hydrogen) atoms. The van der Waals surface area contributed by atoms with E-state index in [1.807, 2.05) is 0 Å². The topological polar surface area (TPSA) is 361 Å². The van der Waals surface area contributed by atoms with E-state index in [2.05, 4.69) is 34.9 Å². The van der Waals surface area contributed by atoms with Crippen LogP contribution in [0.5, 0.6) is 0 Å². The normalized spacial score (nSPS) is 27.9. The number of hydrogen-bond donors (Lipinski definition) is 9. The van der Waals surface area contributed by atoms with Crippen LogP contribution in [0.4, 0.5) is 5.82 Å². The van der Waals surface area contributed by atoms with Crippen molar-refractivity contribution >= 4 is 38.5 Å². The lowest BCUT2D eigenvalue weighted by Gasteiger charge is -2.20. The van der Waals surface area contributed by atoms with Crippen LogP contribution < -0.4 is 21.4 Å². The Bertz CT molecular complexity index is 2040. The zero-order chi connectivity index (χ0) is 38.8. The van der Waals surface area contributed by atoms with Gasteiger partial charge in [0.1, 0.15) is 48.1 Å². The highest BCUT2D eigenvalue weighted by Gasteiger charge is 2.50. The van der Waals surface area contributed by atoms with E-state index >= 15 is 0 Å². The van der Waals surface area contributed by atoms with Gasteiger partial charge in [-0.25, -0.2) is 24.1 Å². The number of carbonyl (C=O) groups is 1. The van der Waals surface area contributed by atoms with Gasteiger partial charge in [0.15, 0.2) is 41.7 Å². The molecule has 0 radical (unpaired) electrons. The summed E-state index contributed by atoms with van der Waals surface area (Å²) in [6.45, 7) is -0.459. The van der Waals surface area contributed by atoms with Crippen molar-refractivity contribution in [2.75, 3.05) is 25.1 Å². The molecule has 0 aromatic carbocycles. The number of hydrogen-bond acceptors (Lipinski definition) is 19. The highest BCUT2D eigenvalue weighted by atomic mass is 31.3. The van der Waals surface area contributed by atoms with Gasteiger partial charge in [0.05, 0.1) is 32.3 Å². The fourth-order valence-corrected chi connectivity index (χ4v) is 7.73. The van der Waals surface area contributed by atoms with E-state index in [-0.39, 0.29) is 23.3 Å². The molecule has 0 bridgehead atoms. The summed E-state index contributed by atoms with van der Waals surface area (Å²) < 4.78 is 54.5. The maximum Gasteiger partial charge on any atom is 0.481 e. The number of phosphoric acid groups is 2. The Morgan fingerprint density at radius 3 is 2.41 bits per heavy atom. The zero-order valence-electron chi connectivity index (χ0n) is 28.0. The molecule has 4 aromatic heterocycles. The third-order valence-electron chi connectivity index (χ3n) is 8.33. The number of aryl methyl sites for hydroxylation is 1. The van der Waals surface area contributed by atoms with Crippen molar-refractivity contribution < 1.29 is 71.5 Å². The fraction of sp³-hybridized carbons (Fsp3) is 0.519. The highest BCUT2D eigenvalue weighted by Crippen LogP contribution is 2.60. The van der Waals surface area contributed by atoms with Crippen molar-refractivity contribution in [2.45, 2.75) is 68.6 Å². The van der Waals surface area contributed by atoms with Crippen LogP contribution in [0.25, 0.3) is 11.2 Å². The Morgan fingerprint density at radius 2 is 1.70 bits per heavy atom. The minimum Gasteiger partial charge on any atom is -0.387 e. The van der Waals surface area contributed by atoms with Gasteiger partial charge in [-0.15, -0.1) is 5.10 Å². The van der Waals surface area contributed by atoms with E-state index in [4.69, 9.17) is 30.0 Å². The standard InChI is InChI=1S/C27H37N11O14P2/c28-4-2-6-37-9-15(34-35-37)7-30-24-18-25(32-12-31-24)38(13-33-18)27-22(42)20(40)17(51-27)11-49-54(46,47)52-53(44,45)48-10-16-19(39)21(41)26(50-16)36-5-1-3-14(8-36)23(29)43/h1,3,5,8-9,12-13,16-17,19-22,26-27,39-42H,2,4,6-7,10-11,28H2,(H4-,29,30,31,32,43,44,45,46,47)/p+1/t16-,17-,19-,20-,21-,22-,26-,27-/m1/s1. The van der Waals surface area contributed by atoms with Gasteiger partial charge in [0.25, 0.3) is 12.1 Å². The van der Waals surface area contributed by atoms with Crippen LogP contribution in [-0.2, 0) is 45.1 Å². The van der Waals surface area contributed by atoms with E-state index in [9.17, 15) is 44.1 Å². The molecule has 27 heteroatoms. The lowest BCUT2D eigenvalue weighted by Crippen LogP contribution is -2.46. The summed E-state index contributed by atoms with van der Waals surface area (Å²) in [4.78, 5) is 44.5. The monoisotopic (exact) mass is 802 g/mol. The molecule has 2 fully saturated rings. The lowest BCUT2D eigenvalue weighted by atomic mass is 10.1. The number of nitrogens with one attached hydrogen (secondary N) is 1. The van der Waals surface area contributed by atoms with Gasteiger partial charge in [-0.3, -0.25) is 23.1 Å². The molecule has 6 rings (SSSR count). The van der Waals surface area contributed by atoms with Crippen molar-refractivity contribution in [1.82, 2.24) is 34.5 Å². The largest absolute Gasteiger partial charge is 0.481 e. The van der Waals surface area contributed by atoms with E-state index in [1.54, 1.807) is 10.9 Å². The second kappa shape index (κ2) is 16.4. The van der Waals surface area contributed by atoms with Gasteiger partial charge < -0.3 is 56.5 Å². The van der Waals surface area contributed by atoms with E-state index in [0.717, 1.165) is 6.42 Å². The molecule has 25 nitrogen and oxygen atoms in total. The number of amides is 1. The predicted molar refractivity (Wildman–Crippen MR) is 176 cm³/mol. The van der Waals surface area contributed by atoms with Crippen LogP contribution in [0.15, 0.2) is 43.4 Å². The van der Waals surface area contributed by atoms with Crippen molar-refractivity contribution in [1.29, 1.82) is 0 Å². The lowest BCUT2D eigenvalue weighted by molar-refractivity contribution is -0.765. The number of fused-ring (bicyclic) bond motifs is 1. The van der Waals surface area contributed by atoms with E-state index in [0.29, 0.717) is 24.6 Å². The number of phosphoric ester groups is 2. The summed E-state index contributed by atoms with van der Waals surface area (Å²) in [7, 11) is -10.8. The Labute approximate surface area is 304 Å². The molecule has 0 aliphatic carbocycles. The number of pyridine rings is 1. The van der Waals surface area contributed by atoms with Crippen LogP contribution in [0.2, 0.25) is 0 Å². The molecule has 0 spiro atoms. The number of nitrogens with two attached hydrogens (primary N) is 2. The minimum atomic E-state index is -5.42. The van der Waals surface area contributed by atoms with Crippen molar-refractivity contribution in [2.24, 2.45) is 11.5 Å². The van der Waals surface area contributed by atoms with Gasteiger partial charge in [0, 0.05) is 12.6 Å². The highest BCUT2D eigenvalue weighted by molar-refractivity contribution is 7.61. The SMILES string of the molecule is NCCCn1cc(CNc2ncnc3c2ncn3[C@@H]2O[C@H](COP(=O)(O)OP(=O)(O)OC[C@H]3O[C@@H]([n+]4cccc(C(N)=O)c4)[C@H](O)[C@@H]3O)[C@@H](O)[C@H]2O)nn1. The maximum atomic E-state index is 12.6. The quantitative estimate of drug-likeness (QED) is 0.0378. The Hall–Kier alpha value is -3.91. The van der Waals surface area contributed by atoms with Crippen LogP contribution in [0.3, 0.4) is 0 Å². The number of aliphatic hydroxyl groups excluding tert-OH is 4. The molecular weight excluding hydrogens is 764 g/mol. The first kappa shape index (κ1) is 39.8. The molecule has 294 valence electrons. The molecule has 10 atom stereocenters. The number of nitrogens with zero attached hydrogens (tertiary/aromatic N) is 8. The van der Waals surface area contributed by atoms with E-state index < -0.39 is 83.8 Å². The van der Waals surface area contributed by atoms with Crippen LogP contribution in [-0.4, -0.2) is 127 Å². The van der Waals surface area contributed by atoms with Gasteiger partial charge in [-0.2, -0.15) is 8.88 Å². The number of imidazole rings is 1. The van der Waals surface area contributed by atoms with Crippen LogP contribution in [0.1, 0.15) is 34.9 Å². The molecule has 2 aliphatic rings. The average Bonchev–Trinajstić information content (AvgIpc) is 3.91. The first-order valence-corrected chi connectivity index (χ1v) is 19.2. The molecule has 0 saturated carbocycles. The van der Waals surface area contributed by atoms with Crippen molar-refractivity contribution in [3.8, 4) is 0 Å². The fourth-order valence-electron chi connectivity index (χ4n) is 5.64. The van der Waals surface area contributed by atoms with Crippen molar-refractivity contribution in [3.63, 3.8) is 0 Å². The molecule has 11 N–H and O–H groups in total. The molecule has 6 heterocycles. The molecule has 4 aromatic rings. The smallest absolute Gasteiger partial charge is 0.387 e. The number of primary amides is 1. The Morgan fingerprint density at radius 1 is 1.00 bits per heavy atom. The molecule has 2 saturated heterocycles. The number of aromatic nitrogens is 8. The number of aliphatic hydroxyl groups is 4. The van der Waals surface area contributed by atoms with Crippen LogP contribution in [0, 0.1) is 0 Å². The summed E-state index contributed by atoms with van der Waals surface area (Å²) in [5, 5.41) is 53.6. The van der Waals surface area contributed by atoms with Gasteiger partial charge >= 0.3 is 15.6 Å². The second-order valence-electron chi connectivity index (χ2n) is 12.1. The second-order valence-corrected chi connectivity index (χ2v) is 15.2. The molecular formula is C27H38N11O14P2+. The van der Waals surface area contributed by atoms with Gasteiger partial charge in [-0.05, 0) is 19.0 Å². The Balaban J connectivity index is 1.02. The minimum absolute atomic E-state index is 0.0655. The molecule has 2 unspecified atom stereocenters. The first-order chi connectivity index (χ1) is 25.7. The maximum absolute atomic E-state index is 12.6. The summed E-state index contributed by atoms with van der Waals surface area (Å²) in [5.41, 5.74) is 12.0. The molecule has 1 amide bonds. The summed E-state index contributed by atoms with van der Waals surface area (Å²) >= 11 is 0. The molecule has 2 aliphatic heterocycles. The van der Waals surface area contributed by atoms with Crippen LogP contribution >= 0.6 is 15.6 Å². The summed E-state index contributed by atoms with van der Waals surface area (Å²) in [6.07, 6.45) is -4.39. The zero-order valence-corrected chi connectivity index (χ0v) is 29.8. The number of carbonyl (C=O) groups excluding carboxylic acids is 1. The summed E-state index contributed by atoms with van der Waals surface area (Å²) in [5.74, 6) is -0.453. The number of anilines is 1. The number of ether oxygens (including phenoxy) is 2. The Kier molecular flexibility index (Phi) is 12.1. The van der Waals surface area contributed by atoms with E-state index in [1.165, 1.54) is 46.3 Å². The predicted octanol–water partition coefficient (Wildman–Crippen LogP) is -3.05. The third-order valence-corrected chi connectivity index (χ3v) is 10.9. The third kappa shape index (κ3) is 8.96.